The van der Waals surface area contributed by atoms with E-state index in [2.05, 4.69) is 76.3 Å². The normalized spacial score (nSPS) is 13.1. The predicted molar refractivity (Wildman–Crippen MR) is 171 cm³/mol. The number of nitrogens with one attached hydrogen (secondary N) is 1. The summed E-state index contributed by atoms with van der Waals surface area (Å²) in [6, 6.07) is 36.9. The molecule has 42 heavy (non-hydrogen) atoms. The molecule has 0 saturated carbocycles. The number of para-hydroxylation sites is 1. The van der Waals surface area contributed by atoms with E-state index in [1.807, 2.05) is 53.4 Å². The minimum atomic E-state index is 0.0963. The highest BCUT2D eigenvalue weighted by Gasteiger charge is 2.18. The van der Waals surface area contributed by atoms with Crippen molar-refractivity contribution < 1.29 is 9.53 Å². The highest BCUT2D eigenvalue weighted by molar-refractivity contribution is 7.14. The van der Waals surface area contributed by atoms with Crippen molar-refractivity contribution in [1.82, 2.24) is 15.2 Å². The van der Waals surface area contributed by atoms with Gasteiger partial charge < -0.3 is 19.9 Å². The third-order valence-electron chi connectivity index (χ3n) is 7.40. The number of hydrogen-bond acceptors (Lipinski definition) is 6. The van der Waals surface area contributed by atoms with Gasteiger partial charge in [0.25, 0.3) is 5.91 Å². The smallest absolute Gasteiger partial charge is 0.253 e. The Labute approximate surface area is 251 Å². The minimum absolute atomic E-state index is 0.0963. The van der Waals surface area contributed by atoms with Crippen LogP contribution in [0, 0.1) is 0 Å². The number of ether oxygens (including phenoxy) is 1. The molecule has 1 aliphatic heterocycles. The van der Waals surface area contributed by atoms with E-state index in [4.69, 9.17) is 9.72 Å². The number of anilines is 1. The van der Waals surface area contributed by atoms with Gasteiger partial charge in [-0.05, 0) is 41.0 Å². The Morgan fingerprint density at radius 2 is 1.45 bits per heavy atom. The van der Waals surface area contributed by atoms with Crippen LogP contribution in [0.1, 0.15) is 15.9 Å². The maximum Gasteiger partial charge on any atom is 0.253 e. The number of aromatic nitrogens is 1. The molecule has 5 aromatic rings. The van der Waals surface area contributed by atoms with Crippen LogP contribution in [-0.2, 0) is 6.54 Å². The Balaban J connectivity index is 1.18. The van der Waals surface area contributed by atoms with Crippen LogP contribution in [0.2, 0.25) is 0 Å². The van der Waals surface area contributed by atoms with E-state index in [9.17, 15) is 4.79 Å². The molecule has 0 bridgehead atoms. The number of nitrogens with zero attached hydrogens (tertiary/aromatic N) is 3. The second kappa shape index (κ2) is 13.5. The molecule has 4 aromatic carbocycles. The fourth-order valence-corrected chi connectivity index (χ4v) is 5.92. The zero-order valence-electron chi connectivity index (χ0n) is 23.5. The van der Waals surface area contributed by atoms with Crippen LogP contribution in [0.15, 0.2) is 115 Å². The van der Waals surface area contributed by atoms with Gasteiger partial charge in [-0.2, -0.15) is 0 Å². The third kappa shape index (κ3) is 6.87. The summed E-state index contributed by atoms with van der Waals surface area (Å²) in [5.74, 6) is 0.950. The van der Waals surface area contributed by atoms with Crippen molar-refractivity contribution in [2.75, 3.05) is 44.2 Å². The van der Waals surface area contributed by atoms with Crippen molar-refractivity contribution in [3.05, 3.63) is 126 Å². The third-order valence-corrected chi connectivity index (χ3v) is 8.30. The Kier molecular flexibility index (Phi) is 8.88. The number of piperazine rings is 1. The van der Waals surface area contributed by atoms with Gasteiger partial charge in [0.05, 0.1) is 12.2 Å². The Morgan fingerprint density at radius 1 is 0.810 bits per heavy atom. The second-order valence-corrected chi connectivity index (χ2v) is 11.1. The van der Waals surface area contributed by atoms with Crippen molar-refractivity contribution in [3.8, 4) is 28.1 Å². The molecule has 0 spiro atoms. The summed E-state index contributed by atoms with van der Waals surface area (Å²) in [6.07, 6.45) is 0. The van der Waals surface area contributed by atoms with Crippen LogP contribution in [0.5, 0.6) is 5.75 Å². The number of hydrogen-bond donors (Lipinski definition) is 1. The van der Waals surface area contributed by atoms with Crippen molar-refractivity contribution in [1.29, 1.82) is 0 Å². The lowest BCUT2D eigenvalue weighted by Gasteiger charge is -2.27. The Morgan fingerprint density at radius 3 is 2.17 bits per heavy atom. The van der Waals surface area contributed by atoms with Crippen LogP contribution in [0.25, 0.3) is 22.4 Å². The molecule has 0 radical (unpaired) electrons. The first-order valence-corrected chi connectivity index (χ1v) is 15.2. The summed E-state index contributed by atoms with van der Waals surface area (Å²) in [6.45, 7) is 5.06. The van der Waals surface area contributed by atoms with Gasteiger partial charge in [0.15, 0.2) is 5.13 Å². The number of thiazole rings is 1. The van der Waals surface area contributed by atoms with E-state index in [1.54, 1.807) is 11.3 Å². The molecular formula is C35H34N4O2S. The number of carbonyl (C=O) groups excluding carboxylic acids is 1. The standard InChI is InChI=1S/C35H34N4O2S/c40-34(38-21-19-36-20-22-38)31-13-11-27(12-14-31)25-39(23-24-41-32-9-5-2-6-10-32)35-37-33(26-42-35)30-17-15-29(16-18-30)28-7-3-1-4-8-28/h1-18,26,36H,19-25H2. The molecule has 1 N–H and O–H groups in total. The maximum atomic E-state index is 12.9. The molecule has 7 heteroatoms. The SMILES string of the molecule is O=C(c1ccc(CN(CCOc2ccccc2)c2nc(-c3ccc(-c4ccccc4)cc3)cs2)cc1)N1CCNCC1. The fraction of sp³-hybridized carbons (Fsp3) is 0.200. The van der Waals surface area contributed by atoms with Crippen molar-refractivity contribution in [2.45, 2.75) is 6.54 Å². The average Bonchev–Trinajstić information content (AvgIpc) is 3.56. The molecule has 1 saturated heterocycles. The van der Waals surface area contributed by atoms with Crippen LogP contribution in [-0.4, -0.2) is 55.1 Å². The number of benzene rings is 4. The number of carbonyl (C=O) groups is 1. The van der Waals surface area contributed by atoms with Crippen LogP contribution in [0.4, 0.5) is 5.13 Å². The van der Waals surface area contributed by atoms with Crippen molar-refractivity contribution in [3.63, 3.8) is 0 Å². The first-order valence-electron chi connectivity index (χ1n) is 14.4. The molecule has 1 aliphatic rings. The zero-order valence-corrected chi connectivity index (χ0v) is 24.3. The molecule has 2 heterocycles. The van der Waals surface area contributed by atoms with Gasteiger partial charge in [-0.25, -0.2) is 4.98 Å². The largest absolute Gasteiger partial charge is 0.492 e. The Hall–Kier alpha value is -4.46. The van der Waals surface area contributed by atoms with E-state index >= 15 is 0 Å². The van der Waals surface area contributed by atoms with E-state index in [1.165, 1.54) is 11.1 Å². The summed E-state index contributed by atoms with van der Waals surface area (Å²) in [5.41, 5.74) is 6.29. The van der Waals surface area contributed by atoms with Gasteiger partial charge in [0.1, 0.15) is 12.4 Å². The fourth-order valence-electron chi connectivity index (χ4n) is 5.06. The Bertz CT molecular complexity index is 1570. The van der Waals surface area contributed by atoms with Crippen molar-refractivity contribution in [2.24, 2.45) is 0 Å². The van der Waals surface area contributed by atoms with Gasteiger partial charge >= 0.3 is 0 Å². The van der Waals surface area contributed by atoms with E-state index < -0.39 is 0 Å². The predicted octanol–water partition coefficient (Wildman–Crippen LogP) is 6.61. The van der Waals surface area contributed by atoms with Gasteiger partial charge in [-0.3, -0.25) is 4.79 Å². The second-order valence-electron chi connectivity index (χ2n) is 10.3. The van der Waals surface area contributed by atoms with Gasteiger partial charge in [0.2, 0.25) is 0 Å². The molecule has 0 aliphatic carbocycles. The van der Waals surface area contributed by atoms with Crippen molar-refractivity contribution >= 4 is 22.4 Å². The van der Waals surface area contributed by atoms with E-state index in [0.29, 0.717) is 19.7 Å². The summed E-state index contributed by atoms with van der Waals surface area (Å²) in [7, 11) is 0. The molecule has 6 rings (SSSR count). The van der Waals surface area contributed by atoms with Crippen LogP contribution < -0.4 is 15.0 Å². The first kappa shape index (κ1) is 27.7. The monoisotopic (exact) mass is 574 g/mol. The average molecular weight is 575 g/mol. The van der Waals surface area contributed by atoms with Gasteiger partial charge in [-0.1, -0.05) is 84.9 Å². The summed E-state index contributed by atoms with van der Waals surface area (Å²) in [5, 5.41) is 6.36. The lowest BCUT2D eigenvalue weighted by molar-refractivity contribution is 0.0736. The lowest BCUT2D eigenvalue weighted by atomic mass is 10.0. The molecule has 1 aromatic heterocycles. The molecule has 6 nitrogen and oxygen atoms in total. The highest BCUT2D eigenvalue weighted by atomic mass is 32.1. The van der Waals surface area contributed by atoms with Gasteiger partial charge in [0, 0.05) is 49.2 Å². The topological polar surface area (TPSA) is 57.7 Å². The lowest BCUT2D eigenvalue weighted by Crippen LogP contribution is -2.46. The molecule has 1 fully saturated rings. The highest BCUT2D eigenvalue weighted by Crippen LogP contribution is 2.30. The summed E-state index contributed by atoms with van der Waals surface area (Å²) in [4.78, 5) is 22.1. The molecule has 0 unspecified atom stereocenters. The maximum absolute atomic E-state index is 12.9. The molecular weight excluding hydrogens is 540 g/mol. The minimum Gasteiger partial charge on any atom is -0.492 e. The van der Waals surface area contributed by atoms with E-state index in [-0.39, 0.29) is 5.91 Å². The van der Waals surface area contributed by atoms with E-state index in [0.717, 1.165) is 59.4 Å². The summed E-state index contributed by atoms with van der Waals surface area (Å²) < 4.78 is 6.04. The van der Waals surface area contributed by atoms with Crippen LogP contribution in [0.3, 0.4) is 0 Å². The first-order chi connectivity index (χ1) is 20.7. The number of rotatable bonds is 10. The zero-order chi connectivity index (χ0) is 28.6. The molecule has 0 atom stereocenters. The summed E-state index contributed by atoms with van der Waals surface area (Å²) >= 11 is 1.64. The molecule has 212 valence electrons. The quantitative estimate of drug-likeness (QED) is 0.204. The van der Waals surface area contributed by atoms with Crippen LogP contribution >= 0.6 is 11.3 Å². The molecule has 1 amide bonds. The number of amides is 1. The van der Waals surface area contributed by atoms with Gasteiger partial charge in [-0.15, -0.1) is 11.3 Å².